The van der Waals surface area contributed by atoms with Crippen molar-refractivity contribution in [3.63, 3.8) is 0 Å². The van der Waals surface area contributed by atoms with E-state index in [-0.39, 0.29) is 0 Å². The van der Waals surface area contributed by atoms with E-state index in [0.29, 0.717) is 5.41 Å². The van der Waals surface area contributed by atoms with Gasteiger partial charge in [-0.25, -0.2) is 0 Å². The van der Waals surface area contributed by atoms with E-state index in [1.165, 1.54) is 63.8 Å². The Morgan fingerprint density at radius 1 is 1.25 bits per heavy atom. The predicted octanol–water partition coefficient (Wildman–Crippen LogP) is 3.08. The maximum atomic E-state index is 3.54. The summed E-state index contributed by atoms with van der Waals surface area (Å²) in [4.78, 5) is 2.78. The maximum absolute atomic E-state index is 3.54. The highest BCUT2D eigenvalue weighted by molar-refractivity contribution is 5.16. The lowest BCUT2D eigenvalue weighted by molar-refractivity contribution is 0.0958. The van der Waals surface area contributed by atoms with Crippen molar-refractivity contribution in [2.45, 2.75) is 45.1 Å². The highest BCUT2D eigenvalue weighted by Crippen LogP contribution is 2.30. The SMILES string of the molecule is CC1(CN2CCCCC2Cc2ccccc2)CCNC1. The largest absolute Gasteiger partial charge is 0.316 e. The summed E-state index contributed by atoms with van der Waals surface area (Å²) in [5.74, 6) is 0. The molecule has 1 N–H and O–H groups in total. The number of nitrogens with zero attached hydrogens (tertiary/aromatic N) is 1. The monoisotopic (exact) mass is 272 g/mol. The van der Waals surface area contributed by atoms with Gasteiger partial charge in [0, 0.05) is 19.1 Å². The molecular formula is C18H28N2. The van der Waals surface area contributed by atoms with Crippen molar-refractivity contribution in [3.8, 4) is 0 Å². The van der Waals surface area contributed by atoms with Crippen LogP contribution >= 0.6 is 0 Å². The molecule has 2 heteroatoms. The van der Waals surface area contributed by atoms with Crippen molar-refractivity contribution >= 4 is 0 Å². The number of hydrogen-bond acceptors (Lipinski definition) is 2. The molecule has 0 saturated carbocycles. The molecule has 2 heterocycles. The Labute approximate surface area is 123 Å². The van der Waals surface area contributed by atoms with Crippen LogP contribution in [0.3, 0.4) is 0 Å². The van der Waals surface area contributed by atoms with Crippen LogP contribution in [-0.4, -0.2) is 37.1 Å². The average Bonchev–Trinajstić information content (AvgIpc) is 2.89. The number of nitrogens with one attached hydrogen (secondary N) is 1. The van der Waals surface area contributed by atoms with Crippen LogP contribution in [0.25, 0.3) is 0 Å². The molecule has 0 bridgehead atoms. The zero-order chi connectivity index (χ0) is 13.8. The van der Waals surface area contributed by atoms with E-state index in [0.717, 1.165) is 6.04 Å². The fraction of sp³-hybridized carbons (Fsp3) is 0.667. The molecule has 2 nitrogen and oxygen atoms in total. The Kier molecular flexibility index (Phi) is 4.42. The minimum absolute atomic E-state index is 0.492. The Bertz CT molecular complexity index is 409. The van der Waals surface area contributed by atoms with Gasteiger partial charge in [-0.15, -0.1) is 0 Å². The molecule has 0 aromatic heterocycles. The molecule has 2 aliphatic heterocycles. The summed E-state index contributed by atoms with van der Waals surface area (Å²) < 4.78 is 0. The fourth-order valence-electron chi connectivity index (χ4n) is 3.88. The Morgan fingerprint density at radius 2 is 2.10 bits per heavy atom. The summed E-state index contributed by atoms with van der Waals surface area (Å²) in [5, 5.41) is 3.54. The second kappa shape index (κ2) is 6.28. The summed E-state index contributed by atoms with van der Waals surface area (Å²) >= 11 is 0. The minimum Gasteiger partial charge on any atom is -0.316 e. The lowest BCUT2D eigenvalue weighted by atomic mass is 9.86. The Hall–Kier alpha value is -0.860. The van der Waals surface area contributed by atoms with Crippen LogP contribution in [-0.2, 0) is 6.42 Å². The van der Waals surface area contributed by atoms with Crippen LogP contribution in [0.5, 0.6) is 0 Å². The quantitative estimate of drug-likeness (QED) is 0.906. The first-order valence-corrected chi connectivity index (χ1v) is 8.24. The van der Waals surface area contributed by atoms with Gasteiger partial charge in [0.15, 0.2) is 0 Å². The van der Waals surface area contributed by atoms with Gasteiger partial charge < -0.3 is 5.32 Å². The second-order valence-electron chi connectivity index (χ2n) is 7.05. The molecule has 0 aliphatic carbocycles. The van der Waals surface area contributed by atoms with Gasteiger partial charge in [0.1, 0.15) is 0 Å². The zero-order valence-electron chi connectivity index (χ0n) is 12.8. The minimum atomic E-state index is 0.492. The molecule has 2 aliphatic rings. The van der Waals surface area contributed by atoms with E-state index in [2.05, 4.69) is 47.5 Å². The molecule has 20 heavy (non-hydrogen) atoms. The average molecular weight is 272 g/mol. The first-order valence-electron chi connectivity index (χ1n) is 8.24. The molecule has 0 spiro atoms. The summed E-state index contributed by atoms with van der Waals surface area (Å²) in [6.45, 7) is 7.43. The summed E-state index contributed by atoms with van der Waals surface area (Å²) in [5.41, 5.74) is 1.99. The van der Waals surface area contributed by atoms with E-state index >= 15 is 0 Å². The molecule has 2 unspecified atom stereocenters. The third kappa shape index (κ3) is 3.42. The Balaban J connectivity index is 1.64. The highest BCUT2D eigenvalue weighted by Gasteiger charge is 2.33. The number of benzene rings is 1. The van der Waals surface area contributed by atoms with Gasteiger partial charge in [0.25, 0.3) is 0 Å². The Morgan fingerprint density at radius 3 is 2.85 bits per heavy atom. The standard InChI is InChI=1S/C18H28N2/c1-18(10-11-19-14-18)15-20-12-6-5-9-17(20)13-16-7-3-2-4-8-16/h2-4,7-8,17,19H,5-6,9-15H2,1H3. The van der Waals surface area contributed by atoms with E-state index < -0.39 is 0 Å². The molecule has 2 saturated heterocycles. The normalized spacial score (nSPS) is 31.6. The smallest absolute Gasteiger partial charge is 0.0136 e. The zero-order valence-corrected chi connectivity index (χ0v) is 12.8. The first-order chi connectivity index (χ1) is 9.75. The lowest BCUT2D eigenvalue weighted by Crippen LogP contribution is -2.46. The second-order valence-corrected chi connectivity index (χ2v) is 7.05. The molecule has 110 valence electrons. The van der Waals surface area contributed by atoms with E-state index in [4.69, 9.17) is 0 Å². The molecule has 2 fully saturated rings. The van der Waals surface area contributed by atoms with Gasteiger partial charge in [0.2, 0.25) is 0 Å². The van der Waals surface area contributed by atoms with Crippen molar-refractivity contribution in [2.75, 3.05) is 26.2 Å². The first kappa shape index (κ1) is 14.1. The van der Waals surface area contributed by atoms with Crippen LogP contribution in [0, 0.1) is 5.41 Å². The number of piperidine rings is 1. The highest BCUT2D eigenvalue weighted by atomic mass is 15.2. The molecule has 3 rings (SSSR count). The third-order valence-electron chi connectivity index (χ3n) is 5.11. The van der Waals surface area contributed by atoms with Crippen molar-refractivity contribution in [3.05, 3.63) is 35.9 Å². The molecule has 1 aromatic carbocycles. The van der Waals surface area contributed by atoms with Gasteiger partial charge >= 0.3 is 0 Å². The van der Waals surface area contributed by atoms with Gasteiger partial charge in [-0.05, 0) is 49.8 Å². The van der Waals surface area contributed by atoms with Gasteiger partial charge in [0.05, 0.1) is 0 Å². The van der Waals surface area contributed by atoms with Gasteiger partial charge in [-0.3, -0.25) is 4.90 Å². The van der Waals surface area contributed by atoms with Crippen LogP contribution < -0.4 is 5.32 Å². The van der Waals surface area contributed by atoms with Crippen molar-refractivity contribution < 1.29 is 0 Å². The van der Waals surface area contributed by atoms with E-state index in [9.17, 15) is 0 Å². The molecular weight excluding hydrogens is 244 g/mol. The number of likely N-dealkylation sites (tertiary alicyclic amines) is 1. The van der Waals surface area contributed by atoms with Crippen molar-refractivity contribution in [2.24, 2.45) is 5.41 Å². The number of rotatable bonds is 4. The van der Waals surface area contributed by atoms with Crippen LogP contribution in [0.1, 0.15) is 38.2 Å². The van der Waals surface area contributed by atoms with Crippen LogP contribution in [0.2, 0.25) is 0 Å². The lowest BCUT2D eigenvalue weighted by Gasteiger charge is -2.40. The van der Waals surface area contributed by atoms with Crippen molar-refractivity contribution in [1.29, 1.82) is 0 Å². The fourth-order valence-corrected chi connectivity index (χ4v) is 3.88. The summed E-state index contributed by atoms with van der Waals surface area (Å²) in [7, 11) is 0. The van der Waals surface area contributed by atoms with Crippen molar-refractivity contribution in [1.82, 2.24) is 10.2 Å². The summed E-state index contributed by atoms with van der Waals surface area (Å²) in [6.07, 6.45) is 6.72. The van der Waals surface area contributed by atoms with Crippen LogP contribution in [0.4, 0.5) is 0 Å². The molecule has 2 atom stereocenters. The molecule has 0 radical (unpaired) electrons. The molecule has 1 aromatic rings. The number of hydrogen-bond donors (Lipinski definition) is 1. The predicted molar refractivity (Wildman–Crippen MR) is 85.0 cm³/mol. The maximum Gasteiger partial charge on any atom is 0.0136 e. The van der Waals surface area contributed by atoms with Gasteiger partial charge in [-0.2, -0.15) is 0 Å². The topological polar surface area (TPSA) is 15.3 Å². The van der Waals surface area contributed by atoms with E-state index in [1.807, 2.05) is 0 Å². The van der Waals surface area contributed by atoms with Crippen LogP contribution in [0.15, 0.2) is 30.3 Å². The third-order valence-corrected chi connectivity index (χ3v) is 5.11. The van der Waals surface area contributed by atoms with E-state index in [1.54, 1.807) is 0 Å². The molecule has 0 amide bonds. The summed E-state index contributed by atoms with van der Waals surface area (Å²) in [6, 6.07) is 11.8. The van der Waals surface area contributed by atoms with Gasteiger partial charge in [-0.1, -0.05) is 43.7 Å².